The highest BCUT2D eigenvalue weighted by Crippen LogP contribution is 2.59. The van der Waals surface area contributed by atoms with Crippen LogP contribution in [0.5, 0.6) is 0 Å². The Kier molecular flexibility index (Phi) is 6.31. The van der Waals surface area contributed by atoms with E-state index >= 15 is 0 Å². The molecular formula is C25H20BrClN2O4S. The minimum absolute atomic E-state index is 0.0697. The zero-order valence-corrected chi connectivity index (χ0v) is 20.9. The van der Waals surface area contributed by atoms with Gasteiger partial charge >= 0.3 is 5.97 Å². The molecule has 1 fully saturated rings. The lowest BCUT2D eigenvalue weighted by Crippen LogP contribution is -2.32. The normalized spacial score (nSPS) is 25.2. The van der Waals surface area contributed by atoms with E-state index in [0.717, 1.165) is 22.0 Å². The Labute approximate surface area is 214 Å². The number of halogens is 2. The predicted molar refractivity (Wildman–Crippen MR) is 137 cm³/mol. The maximum absolute atomic E-state index is 12.0. The number of nitro benzene ring substituents is 1. The number of anilines is 1. The molecule has 5 rings (SSSR count). The minimum Gasteiger partial charge on any atom is -0.478 e. The number of carbonyl (C=O) groups is 1. The van der Waals surface area contributed by atoms with Gasteiger partial charge in [0.1, 0.15) is 0 Å². The molecule has 0 radical (unpaired) electrons. The van der Waals surface area contributed by atoms with Gasteiger partial charge in [0.15, 0.2) is 0 Å². The molecule has 0 bridgehead atoms. The first kappa shape index (κ1) is 23.2. The van der Waals surface area contributed by atoms with E-state index in [9.17, 15) is 20.0 Å². The van der Waals surface area contributed by atoms with Gasteiger partial charge in [0.05, 0.1) is 32.5 Å². The molecule has 1 aliphatic carbocycles. The lowest BCUT2D eigenvalue weighted by Gasteiger charge is -2.39. The monoisotopic (exact) mass is 558 g/mol. The van der Waals surface area contributed by atoms with Gasteiger partial charge in [-0.25, -0.2) is 4.79 Å². The highest BCUT2D eigenvalue weighted by Gasteiger charge is 2.51. The molecule has 1 heterocycles. The van der Waals surface area contributed by atoms with Crippen molar-refractivity contribution in [3.05, 3.63) is 98.0 Å². The van der Waals surface area contributed by atoms with Gasteiger partial charge in [0.2, 0.25) is 0 Å². The van der Waals surface area contributed by atoms with E-state index in [1.54, 1.807) is 30.3 Å². The molecule has 3 aromatic rings. The lowest BCUT2D eigenvalue weighted by molar-refractivity contribution is -0.387. The third-order valence-corrected chi connectivity index (χ3v) is 9.49. The zero-order chi connectivity index (χ0) is 24.0. The van der Waals surface area contributed by atoms with Crippen molar-refractivity contribution < 1.29 is 14.8 Å². The van der Waals surface area contributed by atoms with Crippen molar-refractivity contribution in [2.45, 2.75) is 33.9 Å². The van der Waals surface area contributed by atoms with Gasteiger partial charge in [-0.15, -0.1) is 23.4 Å². The maximum atomic E-state index is 12.0. The summed E-state index contributed by atoms with van der Waals surface area (Å²) in [5.74, 6) is -1.02. The van der Waals surface area contributed by atoms with E-state index in [0.29, 0.717) is 10.6 Å². The molecule has 5 atom stereocenters. The van der Waals surface area contributed by atoms with Crippen LogP contribution in [0.2, 0.25) is 0 Å². The first-order chi connectivity index (χ1) is 16.4. The van der Waals surface area contributed by atoms with Crippen molar-refractivity contribution in [2.24, 2.45) is 5.92 Å². The Bertz CT molecular complexity index is 1290. The average molecular weight is 560 g/mol. The maximum Gasteiger partial charge on any atom is 0.337 e. The Morgan fingerprint density at radius 1 is 1.09 bits per heavy atom. The van der Waals surface area contributed by atoms with Crippen molar-refractivity contribution in [2.75, 3.05) is 5.32 Å². The van der Waals surface area contributed by atoms with Crippen molar-refractivity contribution >= 4 is 56.6 Å². The topological polar surface area (TPSA) is 92.5 Å². The minimum atomic E-state index is -0.997. The molecule has 0 amide bonds. The van der Waals surface area contributed by atoms with E-state index in [2.05, 4.69) is 21.2 Å². The highest BCUT2D eigenvalue weighted by atomic mass is 79.9. The molecule has 0 spiro atoms. The van der Waals surface area contributed by atoms with Crippen molar-refractivity contribution in [3.63, 3.8) is 0 Å². The van der Waals surface area contributed by atoms with Gasteiger partial charge in [-0.2, -0.15) is 0 Å². The summed E-state index contributed by atoms with van der Waals surface area (Å²) in [5.41, 5.74) is 2.80. The summed E-state index contributed by atoms with van der Waals surface area (Å²) >= 11 is 12.2. The van der Waals surface area contributed by atoms with Crippen LogP contribution in [-0.2, 0) is 0 Å². The third kappa shape index (κ3) is 3.97. The summed E-state index contributed by atoms with van der Waals surface area (Å²) in [4.78, 5) is 23.8. The van der Waals surface area contributed by atoms with Crippen molar-refractivity contribution in [3.8, 4) is 0 Å². The number of carboxylic acids is 1. The molecule has 174 valence electrons. The van der Waals surface area contributed by atoms with Crippen LogP contribution in [0.3, 0.4) is 0 Å². The molecule has 1 aliphatic heterocycles. The second-order valence-corrected chi connectivity index (χ2v) is 11.1. The second kappa shape index (κ2) is 9.24. The smallest absolute Gasteiger partial charge is 0.337 e. The first-order valence-electron chi connectivity index (χ1n) is 10.8. The Balaban J connectivity index is 1.59. The van der Waals surface area contributed by atoms with Crippen LogP contribution < -0.4 is 5.32 Å². The van der Waals surface area contributed by atoms with E-state index in [4.69, 9.17) is 11.6 Å². The Hall–Kier alpha value is -2.55. The van der Waals surface area contributed by atoms with Crippen LogP contribution in [0.1, 0.15) is 39.9 Å². The first-order valence-corrected chi connectivity index (χ1v) is 12.9. The van der Waals surface area contributed by atoms with Crippen LogP contribution in [0, 0.1) is 16.0 Å². The lowest BCUT2D eigenvalue weighted by atomic mass is 9.76. The number of carboxylic acid groups (broad SMARTS) is 1. The van der Waals surface area contributed by atoms with Crippen molar-refractivity contribution in [1.29, 1.82) is 0 Å². The summed E-state index contributed by atoms with van der Waals surface area (Å²) in [6.45, 7) is 0. The van der Waals surface area contributed by atoms with Gasteiger partial charge in [0, 0.05) is 21.7 Å². The number of fused-ring (bicyclic) bond motifs is 3. The number of thioether (sulfide) groups is 1. The zero-order valence-electron chi connectivity index (χ0n) is 17.7. The highest BCUT2D eigenvalue weighted by molar-refractivity contribution is 9.10. The fraction of sp³-hybridized carbons (Fsp3) is 0.240. The molecule has 0 aromatic heterocycles. The van der Waals surface area contributed by atoms with Crippen LogP contribution in [0.15, 0.2) is 76.1 Å². The summed E-state index contributed by atoms with van der Waals surface area (Å²) in [5, 5.41) is 24.5. The molecule has 6 nitrogen and oxygen atoms in total. The molecule has 1 saturated carbocycles. The summed E-state index contributed by atoms with van der Waals surface area (Å²) in [7, 11) is 0. The number of hydrogen-bond donors (Lipinski definition) is 2. The largest absolute Gasteiger partial charge is 0.478 e. The van der Waals surface area contributed by atoms with E-state index < -0.39 is 5.97 Å². The number of nitrogens with one attached hydrogen (secondary N) is 1. The number of hydrogen-bond acceptors (Lipinski definition) is 5. The van der Waals surface area contributed by atoms with Crippen molar-refractivity contribution in [1.82, 2.24) is 0 Å². The molecule has 34 heavy (non-hydrogen) atoms. The average Bonchev–Trinajstić information content (AvgIpc) is 3.15. The van der Waals surface area contributed by atoms with Gasteiger partial charge in [0.25, 0.3) is 5.69 Å². The molecule has 2 aliphatic rings. The number of nitro groups is 1. The van der Waals surface area contributed by atoms with Crippen LogP contribution in [-0.4, -0.2) is 26.6 Å². The quantitative estimate of drug-likeness (QED) is 0.197. The Morgan fingerprint density at radius 3 is 2.53 bits per heavy atom. The summed E-state index contributed by atoms with van der Waals surface area (Å²) in [6.07, 6.45) is 0.727. The number of para-hydroxylation sites is 2. The predicted octanol–water partition coefficient (Wildman–Crippen LogP) is 7.09. The fourth-order valence-electron chi connectivity index (χ4n) is 5.23. The van der Waals surface area contributed by atoms with Gasteiger partial charge in [-0.05, 0) is 41.7 Å². The molecule has 0 saturated heterocycles. The molecular weight excluding hydrogens is 540 g/mol. The van der Waals surface area contributed by atoms with E-state index in [1.165, 1.54) is 17.8 Å². The van der Waals surface area contributed by atoms with Gasteiger partial charge in [-0.3, -0.25) is 10.1 Å². The molecule has 0 unspecified atom stereocenters. The van der Waals surface area contributed by atoms with Gasteiger partial charge in [-0.1, -0.05) is 58.4 Å². The fourth-order valence-corrected chi connectivity index (χ4v) is 7.70. The van der Waals surface area contributed by atoms with E-state index in [1.807, 2.05) is 30.3 Å². The van der Waals surface area contributed by atoms with Gasteiger partial charge < -0.3 is 10.4 Å². The number of rotatable bonds is 5. The number of nitrogens with zero attached hydrogens (tertiary/aromatic N) is 1. The SMILES string of the molecule is O=C(O)c1cccc2c1N[C@H](c1ccccc1Br)[C@H]1C[C@H](Sc3ccccc3[N+](=O)[O-])[C@H](Cl)[C@H]21. The van der Waals surface area contributed by atoms with Crippen LogP contribution in [0.25, 0.3) is 0 Å². The molecule has 2 N–H and O–H groups in total. The number of benzene rings is 3. The molecule has 9 heteroatoms. The van der Waals surface area contributed by atoms with Crippen LogP contribution in [0.4, 0.5) is 11.4 Å². The van der Waals surface area contributed by atoms with Crippen LogP contribution >= 0.6 is 39.3 Å². The second-order valence-electron chi connectivity index (χ2n) is 8.47. The standard InChI is InChI=1S/C25H20BrClN2O4S/c26-17-9-2-1-6-13(17)23-16-12-20(34-19-11-4-3-10-18(19)29(32)33)22(27)21(16)14-7-5-8-15(25(30)31)24(14)28-23/h1-11,16,20-23,28H,12H2,(H,30,31)/t16-,20-,21+,22-,23+/m0/s1. The summed E-state index contributed by atoms with van der Waals surface area (Å²) in [6, 6.07) is 19.7. The summed E-state index contributed by atoms with van der Waals surface area (Å²) < 4.78 is 0.934. The third-order valence-electron chi connectivity index (χ3n) is 6.66. The Morgan fingerprint density at radius 2 is 1.79 bits per heavy atom. The number of aromatic carboxylic acids is 1. The van der Waals surface area contributed by atoms with E-state index in [-0.39, 0.29) is 44.7 Å². The molecule has 3 aromatic carbocycles. The number of alkyl halides is 1.